The molecule has 1 aliphatic heterocycles. The van der Waals surface area contributed by atoms with Gasteiger partial charge >= 0.3 is 0 Å². The quantitative estimate of drug-likeness (QED) is 0.850. The van der Waals surface area contributed by atoms with Gasteiger partial charge in [0.05, 0.1) is 18.1 Å². The fourth-order valence-corrected chi connectivity index (χ4v) is 3.59. The van der Waals surface area contributed by atoms with E-state index < -0.39 is 10.0 Å². The number of fused-ring (bicyclic) bond motifs is 1. The van der Waals surface area contributed by atoms with Crippen molar-refractivity contribution in [2.24, 2.45) is 0 Å². The van der Waals surface area contributed by atoms with Gasteiger partial charge in [0.15, 0.2) is 11.5 Å². The van der Waals surface area contributed by atoms with E-state index in [1.165, 1.54) is 35.6 Å². The minimum absolute atomic E-state index is 0.136. The van der Waals surface area contributed by atoms with Crippen molar-refractivity contribution < 1.29 is 22.3 Å². The molecule has 7 heteroatoms. The first-order valence-corrected chi connectivity index (χ1v) is 9.01. The van der Waals surface area contributed by atoms with Crippen LogP contribution in [0.1, 0.15) is 12.0 Å². The highest BCUT2D eigenvalue weighted by atomic mass is 32.2. The van der Waals surface area contributed by atoms with E-state index >= 15 is 0 Å². The molecule has 2 aromatic carbocycles. The Kier molecular flexibility index (Phi) is 4.73. The zero-order valence-corrected chi connectivity index (χ0v) is 14.1. The van der Waals surface area contributed by atoms with Crippen LogP contribution in [0.15, 0.2) is 47.4 Å². The van der Waals surface area contributed by atoms with Crippen molar-refractivity contribution in [3.8, 4) is 11.5 Å². The summed E-state index contributed by atoms with van der Waals surface area (Å²) in [7, 11) is -2.20. The van der Waals surface area contributed by atoms with E-state index in [4.69, 9.17) is 9.47 Å². The van der Waals surface area contributed by atoms with Crippen LogP contribution in [0.5, 0.6) is 11.5 Å². The average Bonchev–Trinajstić information content (AvgIpc) is 2.81. The van der Waals surface area contributed by atoms with E-state index in [0.717, 1.165) is 6.42 Å². The number of halogens is 1. The third kappa shape index (κ3) is 3.52. The summed E-state index contributed by atoms with van der Waals surface area (Å²) in [5, 5.41) is 0. The molecule has 0 aliphatic carbocycles. The zero-order valence-electron chi connectivity index (χ0n) is 13.2. The summed E-state index contributed by atoms with van der Waals surface area (Å²) < 4.78 is 50.7. The molecule has 0 fully saturated rings. The van der Waals surface area contributed by atoms with Crippen molar-refractivity contribution in [3.05, 3.63) is 53.8 Å². The molecule has 0 saturated carbocycles. The van der Waals surface area contributed by atoms with Gasteiger partial charge in [-0.05, 0) is 29.8 Å². The number of hydrogen-bond acceptors (Lipinski definition) is 4. The van der Waals surface area contributed by atoms with Gasteiger partial charge in [-0.3, -0.25) is 0 Å². The molecule has 24 heavy (non-hydrogen) atoms. The van der Waals surface area contributed by atoms with Crippen molar-refractivity contribution in [1.29, 1.82) is 0 Å². The van der Waals surface area contributed by atoms with Crippen molar-refractivity contribution >= 4 is 10.0 Å². The summed E-state index contributed by atoms with van der Waals surface area (Å²) in [5.74, 6) is 0.628. The zero-order chi connectivity index (χ0) is 17.2. The Labute approximate surface area is 140 Å². The van der Waals surface area contributed by atoms with Crippen molar-refractivity contribution in [2.75, 3.05) is 20.3 Å². The molecule has 5 nitrogen and oxygen atoms in total. The first-order chi connectivity index (χ1) is 11.5. The minimum atomic E-state index is -3.69. The molecule has 0 aromatic heterocycles. The van der Waals surface area contributed by atoms with Crippen LogP contribution in [0.4, 0.5) is 4.39 Å². The molecular weight excluding hydrogens is 333 g/mol. The molecule has 0 N–H and O–H groups in total. The largest absolute Gasteiger partial charge is 0.490 e. The summed E-state index contributed by atoms with van der Waals surface area (Å²) in [6, 6.07) is 10.3. The highest BCUT2D eigenvalue weighted by Gasteiger charge is 2.23. The molecule has 128 valence electrons. The van der Waals surface area contributed by atoms with Crippen LogP contribution in [0.25, 0.3) is 0 Å². The summed E-state index contributed by atoms with van der Waals surface area (Å²) in [6.45, 7) is 1.18. The first kappa shape index (κ1) is 16.7. The van der Waals surface area contributed by atoms with E-state index in [0.29, 0.717) is 30.3 Å². The van der Waals surface area contributed by atoms with Crippen LogP contribution in [0, 0.1) is 5.82 Å². The van der Waals surface area contributed by atoms with Crippen LogP contribution in [-0.2, 0) is 16.6 Å². The lowest BCUT2D eigenvalue weighted by atomic mass is 10.2. The summed E-state index contributed by atoms with van der Waals surface area (Å²) in [5.41, 5.74) is 0.705. The Morgan fingerprint density at radius 3 is 2.42 bits per heavy atom. The lowest BCUT2D eigenvalue weighted by Gasteiger charge is -2.18. The van der Waals surface area contributed by atoms with E-state index in [-0.39, 0.29) is 17.3 Å². The fourth-order valence-electron chi connectivity index (χ4n) is 2.42. The standard InChI is InChI=1S/C17H18FNO4S/c1-19(12-13-3-5-14(18)6-4-13)24(20,21)15-7-8-16-17(11-15)23-10-2-9-22-16/h3-8,11H,2,9-10,12H2,1H3. The molecule has 0 unspecified atom stereocenters. The van der Waals surface area contributed by atoms with Crippen LogP contribution in [0.2, 0.25) is 0 Å². The van der Waals surface area contributed by atoms with Gasteiger partial charge in [0, 0.05) is 26.1 Å². The molecule has 3 rings (SSSR count). The fraction of sp³-hybridized carbons (Fsp3) is 0.294. The second kappa shape index (κ2) is 6.78. The topological polar surface area (TPSA) is 55.8 Å². The number of ether oxygens (including phenoxy) is 2. The summed E-state index contributed by atoms with van der Waals surface area (Å²) in [4.78, 5) is 0.136. The molecule has 0 amide bonds. The molecule has 0 radical (unpaired) electrons. The number of benzene rings is 2. The Bertz CT molecular complexity index is 821. The third-order valence-electron chi connectivity index (χ3n) is 3.75. The van der Waals surface area contributed by atoms with Crippen molar-refractivity contribution in [3.63, 3.8) is 0 Å². The van der Waals surface area contributed by atoms with Crippen LogP contribution in [0.3, 0.4) is 0 Å². The maximum absolute atomic E-state index is 13.0. The highest BCUT2D eigenvalue weighted by molar-refractivity contribution is 7.89. The van der Waals surface area contributed by atoms with E-state index in [2.05, 4.69) is 0 Å². The molecule has 2 aromatic rings. The number of rotatable bonds is 4. The van der Waals surface area contributed by atoms with Crippen molar-refractivity contribution in [1.82, 2.24) is 4.31 Å². The van der Waals surface area contributed by atoms with Gasteiger partial charge in [-0.25, -0.2) is 12.8 Å². The summed E-state index contributed by atoms with van der Waals surface area (Å²) >= 11 is 0. The third-order valence-corrected chi connectivity index (χ3v) is 5.55. The number of hydrogen-bond donors (Lipinski definition) is 0. The van der Waals surface area contributed by atoms with Crippen LogP contribution < -0.4 is 9.47 Å². The highest BCUT2D eigenvalue weighted by Crippen LogP contribution is 2.32. The van der Waals surface area contributed by atoms with E-state index in [9.17, 15) is 12.8 Å². The smallest absolute Gasteiger partial charge is 0.243 e. The Balaban J connectivity index is 1.84. The molecule has 0 atom stereocenters. The molecule has 1 aliphatic rings. The SMILES string of the molecule is CN(Cc1ccc(F)cc1)S(=O)(=O)c1ccc2c(c1)OCCCO2. The van der Waals surface area contributed by atoms with E-state index in [1.807, 2.05) is 0 Å². The van der Waals surface area contributed by atoms with Gasteiger partial charge in [0.1, 0.15) is 5.82 Å². The van der Waals surface area contributed by atoms with Gasteiger partial charge < -0.3 is 9.47 Å². The minimum Gasteiger partial charge on any atom is -0.490 e. The maximum Gasteiger partial charge on any atom is 0.243 e. The normalized spacial score (nSPS) is 14.5. The molecule has 0 bridgehead atoms. The molecule has 1 heterocycles. The lowest BCUT2D eigenvalue weighted by molar-refractivity contribution is 0.297. The predicted octanol–water partition coefficient (Wildman–Crippen LogP) is 2.81. The van der Waals surface area contributed by atoms with Gasteiger partial charge in [-0.2, -0.15) is 4.31 Å². The average molecular weight is 351 g/mol. The second-order valence-corrected chi connectivity index (χ2v) is 7.59. The van der Waals surface area contributed by atoms with E-state index in [1.54, 1.807) is 18.2 Å². The first-order valence-electron chi connectivity index (χ1n) is 7.57. The van der Waals surface area contributed by atoms with Gasteiger partial charge in [0.2, 0.25) is 10.0 Å². The Hall–Kier alpha value is -2.12. The number of sulfonamides is 1. The lowest BCUT2D eigenvalue weighted by Crippen LogP contribution is -2.26. The monoisotopic (exact) mass is 351 g/mol. The molecular formula is C17H18FNO4S. The Morgan fingerprint density at radius 1 is 1.04 bits per heavy atom. The van der Waals surface area contributed by atoms with Gasteiger partial charge in [-0.1, -0.05) is 12.1 Å². The predicted molar refractivity (Wildman–Crippen MR) is 87.1 cm³/mol. The van der Waals surface area contributed by atoms with Gasteiger partial charge in [-0.15, -0.1) is 0 Å². The van der Waals surface area contributed by atoms with Crippen LogP contribution in [-0.4, -0.2) is 33.0 Å². The maximum atomic E-state index is 13.0. The molecule has 0 saturated heterocycles. The number of nitrogens with zero attached hydrogens (tertiary/aromatic N) is 1. The molecule has 0 spiro atoms. The summed E-state index contributed by atoms with van der Waals surface area (Å²) in [6.07, 6.45) is 0.751. The van der Waals surface area contributed by atoms with Crippen LogP contribution >= 0.6 is 0 Å². The Morgan fingerprint density at radius 2 is 1.71 bits per heavy atom. The van der Waals surface area contributed by atoms with Gasteiger partial charge in [0.25, 0.3) is 0 Å². The second-order valence-electron chi connectivity index (χ2n) is 5.55. The van der Waals surface area contributed by atoms with Crippen molar-refractivity contribution in [2.45, 2.75) is 17.9 Å².